The summed E-state index contributed by atoms with van der Waals surface area (Å²) >= 11 is 0. The van der Waals surface area contributed by atoms with Gasteiger partial charge in [0.05, 0.1) is 13.7 Å². The second kappa shape index (κ2) is 21.8. The lowest BCUT2D eigenvalue weighted by Crippen LogP contribution is -2.35. The van der Waals surface area contributed by atoms with Crippen molar-refractivity contribution in [3.8, 4) is 5.75 Å². The van der Waals surface area contributed by atoms with Gasteiger partial charge in [-0.05, 0) is 18.6 Å². The molecule has 1 aromatic rings. The molecule has 0 saturated carbocycles. The number of methoxy groups -OCH3 is 1. The van der Waals surface area contributed by atoms with Crippen LogP contribution in [-0.2, 0) is 25.1 Å². The summed E-state index contributed by atoms with van der Waals surface area (Å²) in [7, 11) is -0.0276. The molecule has 1 rings (SSSR count). The van der Waals surface area contributed by atoms with Gasteiger partial charge in [0.1, 0.15) is 18.8 Å². The zero-order valence-electron chi connectivity index (χ0n) is 24.0. The smallest absolute Gasteiger partial charge is 0.325 e. The van der Waals surface area contributed by atoms with Gasteiger partial charge in [-0.25, -0.2) is 0 Å². The van der Waals surface area contributed by atoms with Crippen LogP contribution in [0.1, 0.15) is 110 Å². The number of carboxylic acid groups (broad SMARTS) is 1. The maximum atomic E-state index is 12.1. The third kappa shape index (κ3) is 16.7. The monoisotopic (exact) mass is 553 g/mol. The number of anilines is 1. The van der Waals surface area contributed by atoms with Gasteiger partial charge >= 0.3 is 11.9 Å². The lowest BCUT2D eigenvalue weighted by molar-refractivity contribution is -0.139. The second-order valence-corrected chi connectivity index (χ2v) is 11.5. The summed E-state index contributed by atoms with van der Waals surface area (Å²) in [5.41, 5.74) is 0.465. The van der Waals surface area contributed by atoms with Crippen LogP contribution < -0.4 is 9.64 Å². The fourth-order valence-corrected chi connectivity index (χ4v) is 5.02. The fourth-order valence-electron chi connectivity index (χ4n) is 4.45. The summed E-state index contributed by atoms with van der Waals surface area (Å²) < 4.78 is 22.7. The van der Waals surface area contributed by atoms with E-state index in [1.807, 2.05) is 0 Å². The summed E-state index contributed by atoms with van der Waals surface area (Å²) in [6.45, 7) is 2.20. The Labute approximate surface area is 233 Å². The van der Waals surface area contributed by atoms with Gasteiger partial charge in [0, 0.05) is 33.7 Å². The van der Waals surface area contributed by atoms with Crippen molar-refractivity contribution < 1.29 is 28.4 Å². The first-order valence-electron chi connectivity index (χ1n) is 14.5. The van der Waals surface area contributed by atoms with E-state index in [1.54, 1.807) is 24.5 Å². The number of hydrogen-bond acceptors (Lipinski definition) is 6. The number of hydrogen-bond donors (Lipinski definition) is 1. The van der Waals surface area contributed by atoms with Crippen LogP contribution in [0.2, 0.25) is 0 Å². The SMILES string of the molecule is CCCCCCCCCCCCCCCCCCOc1cc(N(CC(=O)O)CC(=O)OC)cc(S(C)=O)c1. The van der Waals surface area contributed by atoms with E-state index >= 15 is 0 Å². The highest BCUT2D eigenvalue weighted by atomic mass is 32.2. The Hall–Kier alpha value is -2.09. The lowest BCUT2D eigenvalue weighted by atomic mass is 10.0. The van der Waals surface area contributed by atoms with Crippen LogP contribution in [0.3, 0.4) is 0 Å². The van der Waals surface area contributed by atoms with Crippen LogP contribution in [0.25, 0.3) is 0 Å². The van der Waals surface area contributed by atoms with Gasteiger partial charge in [0.15, 0.2) is 0 Å². The Morgan fingerprint density at radius 1 is 0.789 bits per heavy atom. The van der Waals surface area contributed by atoms with Crippen molar-refractivity contribution in [3.63, 3.8) is 0 Å². The molecule has 1 N–H and O–H groups in total. The molecule has 0 bridgehead atoms. The predicted molar refractivity (Wildman–Crippen MR) is 156 cm³/mol. The first-order chi connectivity index (χ1) is 18.4. The van der Waals surface area contributed by atoms with Gasteiger partial charge in [-0.15, -0.1) is 0 Å². The molecule has 0 radical (unpaired) electrons. The number of esters is 1. The highest BCUT2D eigenvalue weighted by Crippen LogP contribution is 2.26. The number of nitrogens with zero attached hydrogens (tertiary/aromatic N) is 1. The summed E-state index contributed by atoms with van der Waals surface area (Å²) in [5.74, 6) is -1.11. The second-order valence-electron chi connectivity index (χ2n) is 10.1. The van der Waals surface area contributed by atoms with Crippen LogP contribution in [0, 0.1) is 0 Å². The standard InChI is InChI=1S/C30H51NO6S/c1-4-5-6-7-8-9-10-11-12-13-14-15-16-17-18-19-20-37-27-21-26(22-28(23-27)38(3)35)31(24-29(32)33)25-30(34)36-2/h21-23H,4-20,24-25H2,1-3H3,(H,32,33). The molecule has 1 aromatic carbocycles. The number of carboxylic acids is 1. The first kappa shape index (κ1) is 33.9. The average molecular weight is 554 g/mol. The lowest BCUT2D eigenvalue weighted by Gasteiger charge is -2.23. The van der Waals surface area contributed by atoms with Gasteiger partial charge in [-0.2, -0.15) is 0 Å². The molecule has 0 aromatic heterocycles. The van der Waals surface area contributed by atoms with Gasteiger partial charge in [-0.1, -0.05) is 103 Å². The Kier molecular flexibility index (Phi) is 19.5. The molecule has 7 nitrogen and oxygen atoms in total. The van der Waals surface area contributed by atoms with Crippen molar-refractivity contribution in [2.75, 3.05) is 38.0 Å². The van der Waals surface area contributed by atoms with E-state index in [9.17, 15) is 18.9 Å². The molecule has 1 atom stereocenters. The Morgan fingerprint density at radius 2 is 1.29 bits per heavy atom. The minimum absolute atomic E-state index is 0.221. The average Bonchev–Trinajstić information content (AvgIpc) is 2.89. The van der Waals surface area contributed by atoms with Gasteiger partial charge in [-0.3, -0.25) is 13.8 Å². The Morgan fingerprint density at radius 3 is 1.74 bits per heavy atom. The minimum atomic E-state index is -1.28. The maximum Gasteiger partial charge on any atom is 0.325 e. The van der Waals surface area contributed by atoms with Crippen LogP contribution in [0.4, 0.5) is 5.69 Å². The molecule has 0 fully saturated rings. The molecule has 1 unspecified atom stereocenters. The van der Waals surface area contributed by atoms with Gasteiger partial charge in [0.25, 0.3) is 0 Å². The fraction of sp³-hybridized carbons (Fsp3) is 0.733. The topological polar surface area (TPSA) is 93.1 Å². The van der Waals surface area contributed by atoms with Crippen LogP contribution >= 0.6 is 0 Å². The van der Waals surface area contributed by atoms with Crippen molar-refractivity contribution >= 4 is 28.4 Å². The normalized spacial score (nSPS) is 11.8. The summed E-state index contributed by atoms with van der Waals surface area (Å²) in [6, 6.07) is 5.03. The summed E-state index contributed by atoms with van der Waals surface area (Å²) in [6.07, 6.45) is 22.5. The molecule has 218 valence electrons. The highest BCUT2D eigenvalue weighted by Gasteiger charge is 2.18. The number of carbonyl (C=O) groups excluding carboxylic acids is 1. The Balaban J connectivity index is 2.28. The van der Waals surface area contributed by atoms with Gasteiger partial charge < -0.3 is 19.5 Å². The minimum Gasteiger partial charge on any atom is -0.493 e. The molecular weight excluding hydrogens is 502 g/mol. The number of unbranched alkanes of at least 4 members (excludes halogenated alkanes) is 15. The summed E-state index contributed by atoms with van der Waals surface area (Å²) in [5, 5.41) is 9.26. The van der Waals surface area contributed by atoms with Crippen molar-refractivity contribution in [3.05, 3.63) is 18.2 Å². The maximum absolute atomic E-state index is 12.1. The Bertz CT molecular complexity index is 816. The molecule has 0 aliphatic rings. The predicted octanol–water partition coefficient (Wildman–Crippen LogP) is 7.13. The van der Waals surface area contributed by atoms with Crippen molar-refractivity contribution in [1.29, 1.82) is 0 Å². The van der Waals surface area contributed by atoms with E-state index in [-0.39, 0.29) is 13.1 Å². The van der Waals surface area contributed by atoms with Crippen molar-refractivity contribution in [2.24, 2.45) is 0 Å². The van der Waals surface area contributed by atoms with Crippen molar-refractivity contribution in [2.45, 2.75) is 115 Å². The van der Waals surface area contributed by atoms with Crippen LogP contribution in [0.15, 0.2) is 23.1 Å². The molecule has 0 aliphatic carbocycles. The third-order valence-corrected chi connectivity index (χ3v) is 7.60. The van der Waals surface area contributed by atoms with E-state index in [0.717, 1.165) is 12.8 Å². The quantitative estimate of drug-likeness (QED) is 0.107. The zero-order valence-corrected chi connectivity index (χ0v) is 24.8. The molecule has 0 aliphatic heterocycles. The molecule has 8 heteroatoms. The third-order valence-electron chi connectivity index (χ3n) is 6.70. The molecule has 0 amide bonds. The van der Waals surface area contributed by atoms with Gasteiger partial charge in [0.2, 0.25) is 0 Å². The van der Waals surface area contributed by atoms with E-state index in [0.29, 0.717) is 22.9 Å². The number of rotatable bonds is 24. The van der Waals surface area contributed by atoms with E-state index in [4.69, 9.17) is 9.47 Å². The summed E-state index contributed by atoms with van der Waals surface area (Å²) in [4.78, 5) is 25.0. The molecule has 0 spiro atoms. The van der Waals surface area contributed by atoms with E-state index in [2.05, 4.69) is 6.92 Å². The molecule has 38 heavy (non-hydrogen) atoms. The molecule has 0 saturated heterocycles. The largest absolute Gasteiger partial charge is 0.493 e. The zero-order chi connectivity index (χ0) is 28.0. The van der Waals surface area contributed by atoms with Crippen molar-refractivity contribution in [1.82, 2.24) is 0 Å². The highest BCUT2D eigenvalue weighted by molar-refractivity contribution is 7.84. The number of carbonyl (C=O) groups is 2. The molecular formula is C30H51NO6S. The first-order valence-corrected chi connectivity index (χ1v) is 16.1. The number of aliphatic carboxylic acids is 1. The van der Waals surface area contributed by atoms with Crippen LogP contribution in [0.5, 0.6) is 5.75 Å². The van der Waals surface area contributed by atoms with Crippen LogP contribution in [-0.4, -0.2) is 54.3 Å². The molecule has 0 heterocycles. The number of benzene rings is 1. The number of ether oxygens (including phenoxy) is 2. The van der Waals surface area contributed by atoms with E-state index in [1.165, 1.54) is 102 Å². The van der Waals surface area contributed by atoms with E-state index < -0.39 is 22.7 Å².